The van der Waals surface area contributed by atoms with Crippen LogP contribution in [0.3, 0.4) is 0 Å². The number of H-pyrrole nitrogens is 1. The summed E-state index contributed by atoms with van der Waals surface area (Å²) in [5, 5.41) is 0. The highest BCUT2D eigenvalue weighted by molar-refractivity contribution is 7.71. The summed E-state index contributed by atoms with van der Waals surface area (Å²) in [5.41, 5.74) is 0. The summed E-state index contributed by atoms with van der Waals surface area (Å²) in [6, 6.07) is 13.3. The van der Waals surface area contributed by atoms with E-state index in [4.69, 9.17) is 17.0 Å². The zero-order valence-corrected chi connectivity index (χ0v) is 8.25. The SMILES string of the molecule is S=c1[nH]cccc1Oc1ccccc1. The molecule has 0 aliphatic carbocycles. The molecule has 0 fully saturated rings. The molecule has 0 bridgehead atoms. The number of benzene rings is 1. The Morgan fingerprint density at radius 1 is 1.00 bits per heavy atom. The molecule has 1 aromatic carbocycles. The predicted octanol–water partition coefficient (Wildman–Crippen LogP) is 3.54. The number of ether oxygens (including phenoxy) is 1. The maximum atomic E-state index is 5.57. The monoisotopic (exact) mass is 203 g/mol. The van der Waals surface area contributed by atoms with E-state index in [-0.39, 0.29) is 0 Å². The standard InChI is InChI=1S/C11H9NOS/c14-11-10(7-4-8-12-11)13-9-5-2-1-3-6-9/h1-8H,(H,12,14). The van der Waals surface area contributed by atoms with Crippen molar-refractivity contribution in [3.8, 4) is 11.5 Å². The lowest BCUT2D eigenvalue weighted by atomic mass is 10.3. The Labute approximate surface area is 87.2 Å². The lowest BCUT2D eigenvalue weighted by molar-refractivity contribution is 0.478. The number of rotatable bonds is 2. The van der Waals surface area contributed by atoms with E-state index in [0.717, 1.165) is 5.75 Å². The van der Waals surface area contributed by atoms with Crippen LogP contribution in [-0.2, 0) is 0 Å². The molecular formula is C11H9NOS. The third-order valence-electron chi connectivity index (χ3n) is 1.75. The van der Waals surface area contributed by atoms with Crippen molar-refractivity contribution in [2.45, 2.75) is 0 Å². The van der Waals surface area contributed by atoms with Gasteiger partial charge in [-0.3, -0.25) is 0 Å². The van der Waals surface area contributed by atoms with Crippen LogP contribution >= 0.6 is 12.2 Å². The molecule has 1 heterocycles. The molecule has 2 aromatic rings. The normalized spacial score (nSPS) is 9.71. The lowest BCUT2D eigenvalue weighted by Crippen LogP contribution is -1.85. The van der Waals surface area contributed by atoms with Gasteiger partial charge in [-0.1, -0.05) is 30.4 Å². The highest BCUT2D eigenvalue weighted by Gasteiger charge is 1.96. The van der Waals surface area contributed by atoms with Gasteiger partial charge in [-0.05, 0) is 24.3 Å². The van der Waals surface area contributed by atoms with Gasteiger partial charge in [-0.25, -0.2) is 0 Å². The molecule has 0 saturated heterocycles. The van der Waals surface area contributed by atoms with Gasteiger partial charge in [0.05, 0.1) is 0 Å². The van der Waals surface area contributed by atoms with E-state index in [9.17, 15) is 0 Å². The first-order valence-electron chi connectivity index (χ1n) is 4.27. The second-order valence-corrected chi connectivity index (χ2v) is 3.19. The molecule has 2 rings (SSSR count). The van der Waals surface area contributed by atoms with Gasteiger partial charge < -0.3 is 9.72 Å². The van der Waals surface area contributed by atoms with Crippen LogP contribution in [0.1, 0.15) is 0 Å². The minimum atomic E-state index is 0.608. The molecular weight excluding hydrogens is 194 g/mol. The van der Waals surface area contributed by atoms with Crippen molar-refractivity contribution in [2.24, 2.45) is 0 Å². The van der Waals surface area contributed by atoms with E-state index < -0.39 is 0 Å². The van der Waals surface area contributed by atoms with Crippen molar-refractivity contribution >= 4 is 12.2 Å². The molecule has 0 aliphatic rings. The van der Waals surface area contributed by atoms with Crippen molar-refractivity contribution < 1.29 is 4.74 Å². The van der Waals surface area contributed by atoms with Crippen LogP contribution in [0.4, 0.5) is 0 Å². The molecule has 0 saturated carbocycles. The summed E-state index contributed by atoms with van der Waals surface area (Å²) >= 11 is 5.07. The van der Waals surface area contributed by atoms with E-state index in [1.807, 2.05) is 42.5 Å². The number of aromatic nitrogens is 1. The van der Waals surface area contributed by atoms with Crippen LogP contribution in [0.15, 0.2) is 48.7 Å². The zero-order valence-electron chi connectivity index (χ0n) is 7.44. The molecule has 0 spiro atoms. The third-order valence-corrected chi connectivity index (χ3v) is 2.07. The van der Waals surface area contributed by atoms with Crippen molar-refractivity contribution in [2.75, 3.05) is 0 Å². The summed E-state index contributed by atoms with van der Waals surface area (Å²) in [4.78, 5) is 2.91. The molecule has 3 heteroatoms. The Morgan fingerprint density at radius 2 is 1.79 bits per heavy atom. The first-order valence-corrected chi connectivity index (χ1v) is 4.68. The third kappa shape index (κ3) is 2.00. The van der Waals surface area contributed by atoms with E-state index in [2.05, 4.69) is 4.98 Å². The smallest absolute Gasteiger partial charge is 0.162 e. The fourth-order valence-electron chi connectivity index (χ4n) is 1.10. The van der Waals surface area contributed by atoms with Crippen LogP contribution in [0, 0.1) is 4.64 Å². The fraction of sp³-hybridized carbons (Fsp3) is 0. The molecule has 14 heavy (non-hydrogen) atoms. The maximum absolute atomic E-state index is 5.57. The van der Waals surface area contributed by atoms with Crippen LogP contribution in [0.5, 0.6) is 11.5 Å². The van der Waals surface area contributed by atoms with Crippen LogP contribution in [-0.4, -0.2) is 4.98 Å². The lowest BCUT2D eigenvalue weighted by Gasteiger charge is -2.04. The van der Waals surface area contributed by atoms with Gasteiger partial charge in [0, 0.05) is 6.20 Å². The van der Waals surface area contributed by atoms with Crippen LogP contribution in [0.25, 0.3) is 0 Å². The molecule has 0 aliphatic heterocycles. The zero-order chi connectivity index (χ0) is 9.80. The van der Waals surface area contributed by atoms with Crippen LogP contribution < -0.4 is 4.74 Å². The summed E-state index contributed by atoms with van der Waals surface area (Å²) in [6.07, 6.45) is 1.78. The van der Waals surface area contributed by atoms with Gasteiger partial charge >= 0.3 is 0 Å². The minimum Gasteiger partial charge on any atom is -0.454 e. The number of hydrogen-bond acceptors (Lipinski definition) is 2. The fourth-order valence-corrected chi connectivity index (χ4v) is 1.28. The van der Waals surface area contributed by atoms with Gasteiger partial charge in [0.1, 0.15) is 10.4 Å². The highest BCUT2D eigenvalue weighted by Crippen LogP contribution is 2.20. The summed E-state index contributed by atoms with van der Waals surface area (Å²) in [6.45, 7) is 0. The Kier molecular flexibility index (Phi) is 2.60. The number of pyridine rings is 1. The second-order valence-electron chi connectivity index (χ2n) is 2.78. The van der Waals surface area contributed by atoms with Crippen molar-refractivity contribution in [1.29, 1.82) is 0 Å². The van der Waals surface area contributed by atoms with Crippen LogP contribution in [0.2, 0.25) is 0 Å². The van der Waals surface area contributed by atoms with Gasteiger partial charge in [-0.15, -0.1) is 0 Å². The summed E-state index contributed by atoms with van der Waals surface area (Å²) in [7, 11) is 0. The molecule has 0 radical (unpaired) electrons. The summed E-state index contributed by atoms with van der Waals surface area (Å²) < 4.78 is 6.18. The Balaban J connectivity index is 2.28. The largest absolute Gasteiger partial charge is 0.454 e. The molecule has 0 amide bonds. The van der Waals surface area contributed by atoms with E-state index in [1.54, 1.807) is 6.20 Å². The number of aromatic amines is 1. The quantitative estimate of drug-likeness (QED) is 0.755. The van der Waals surface area contributed by atoms with Gasteiger partial charge in [-0.2, -0.15) is 0 Å². The molecule has 70 valence electrons. The molecule has 0 atom stereocenters. The van der Waals surface area contributed by atoms with Crippen molar-refractivity contribution in [1.82, 2.24) is 4.98 Å². The Morgan fingerprint density at radius 3 is 2.50 bits per heavy atom. The van der Waals surface area contributed by atoms with Gasteiger partial charge in [0.15, 0.2) is 5.75 Å². The average Bonchev–Trinajstić information content (AvgIpc) is 2.23. The number of nitrogens with one attached hydrogen (secondary N) is 1. The first kappa shape index (κ1) is 8.97. The molecule has 2 nitrogen and oxygen atoms in total. The highest BCUT2D eigenvalue weighted by atomic mass is 32.1. The minimum absolute atomic E-state index is 0.608. The average molecular weight is 203 g/mol. The van der Waals surface area contributed by atoms with Crippen molar-refractivity contribution in [3.05, 3.63) is 53.3 Å². The predicted molar refractivity (Wildman–Crippen MR) is 58.1 cm³/mol. The van der Waals surface area contributed by atoms with Crippen molar-refractivity contribution in [3.63, 3.8) is 0 Å². The summed E-state index contributed by atoms with van der Waals surface area (Å²) in [5.74, 6) is 1.46. The topological polar surface area (TPSA) is 25.0 Å². The number of hydrogen-bond donors (Lipinski definition) is 1. The Hall–Kier alpha value is -1.61. The van der Waals surface area contributed by atoms with E-state index in [1.165, 1.54) is 0 Å². The van der Waals surface area contributed by atoms with Gasteiger partial charge in [0.2, 0.25) is 0 Å². The Bertz CT molecular complexity index is 464. The first-order chi connectivity index (χ1) is 6.86. The van der Waals surface area contributed by atoms with E-state index >= 15 is 0 Å². The maximum Gasteiger partial charge on any atom is 0.162 e. The number of para-hydroxylation sites is 1. The molecule has 0 unspecified atom stereocenters. The van der Waals surface area contributed by atoms with Gasteiger partial charge in [0.25, 0.3) is 0 Å². The molecule has 1 N–H and O–H groups in total. The van der Waals surface area contributed by atoms with E-state index in [0.29, 0.717) is 10.4 Å². The second kappa shape index (κ2) is 4.07. The molecule has 1 aromatic heterocycles.